The highest BCUT2D eigenvalue weighted by molar-refractivity contribution is 6.01. The average molecular weight is 460 g/mol. The molecule has 7 nitrogen and oxygen atoms in total. The van der Waals surface area contributed by atoms with E-state index in [2.05, 4.69) is 27.6 Å². The van der Waals surface area contributed by atoms with Crippen LogP contribution in [-0.4, -0.2) is 53.1 Å². The summed E-state index contributed by atoms with van der Waals surface area (Å²) in [6.45, 7) is 2.65. The van der Waals surface area contributed by atoms with Crippen molar-refractivity contribution in [3.8, 4) is 0 Å². The Labute approximate surface area is 197 Å². The maximum Gasteiger partial charge on any atom is 0.253 e. The van der Waals surface area contributed by atoms with E-state index in [4.69, 9.17) is 0 Å². The quantitative estimate of drug-likeness (QED) is 0.632. The van der Waals surface area contributed by atoms with Crippen molar-refractivity contribution in [3.63, 3.8) is 0 Å². The number of likely N-dealkylation sites (tertiary alicyclic amines) is 1. The van der Waals surface area contributed by atoms with Gasteiger partial charge in [0.05, 0.1) is 11.6 Å². The van der Waals surface area contributed by atoms with Crippen molar-refractivity contribution >= 4 is 23.3 Å². The number of halogens is 1. The van der Waals surface area contributed by atoms with E-state index in [0.717, 1.165) is 18.5 Å². The topological polar surface area (TPSA) is 78.4 Å². The first kappa shape index (κ1) is 22.2. The summed E-state index contributed by atoms with van der Waals surface area (Å²) < 4.78 is 13.2. The van der Waals surface area contributed by atoms with Crippen LogP contribution in [0.3, 0.4) is 0 Å². The number of hydrogen-bond donors (Lipinski definition) is 1. The van der Waals surface area contributed by atoms with Gasteiger partial charge in [-0.15, -0.1) is 5.10 Å². The third kappa shape index (κ3) is 4.54. The van der Waals surface area contributed by atoms with Crippen LogP contribution >= 0.6 is 0 Å². The van der Waals surface area contributed by atoms with Gasteiger partial charge in [0.2, 0.25) is 5.91 Å². The molecule has 0 aliphatic carbocycles. The highest BCUT2D eigenvalue weighted by Gasteiger charge is 2.32. The van der Waals surface area contributed by atoms with Gasteiger partial charge in [-0.1, -0.05) is 12.1 Å². The van der Waals surface area contributed by atoms with Crippen LogP contribution in [0.1, 0.15) is 34.7 Å². The number of benzene rings is 2. The molecule has 2 saturated heterocycles. The summed E-state index contributed by atoms with van der Waals surface area (Å²) in [7, 11) is 0. The first-order chi connectivity index (χ1) is 16.6. The number of nitrogens with zero attached hydrogens (tertiary/aromatic N) is 4. The molecule has 1 aromatic heterocycles. The predicted molar refractivity (Wildman–Crippen MR) is 126 cm³/mol. The normalized spacial score (nSPS) is 16.7. The molecule has 8 heteroatoms. The number of carbonyl (C=O) groups is 2. The van der Waals surface area contributed by atoms with Crippen LogP contribution in [0.2, 0.25) is 0 Å². The van der Waals surface area contributed by atoms with Gasteiger partial charge in [0.1, 0.15) is 5.82 Å². The first-order valence-corrected chi connectivity index (χ1v) is 11.6. The van der Waals surface area contributed by atoms with E-state index in [1.807, 2.05) is 17.0 Å². The summed E-state index contributed by atoms with van der Waals surface area (Å²) in [5.74, 6) is 0.395. The van der Waals surface area contributed by atoms with E-state index >= 15 is 0 Å². The van der Waals surface area contributed by atoms with E-state index in [-0.39, 0.29) is 23.5 Å². The van der Waals surface area contributed by atoms with Crippen molar-refractivity contribution in [2.45, 2.75) is 18.8 Å². The summed E-state index contributed by atoms with van der Waals surface area (Å²) in [6, 6.07) is 17.3. The lowest BCUT2D eigenvalue weighted by atomic mass is 9.89. The minimum Gasteiger partial charge on any atom is -0.339 e. The molecule has 2 fully saturated rings. The second kappa shape index (κ2) is 9.69. The van der Waals surface area contributed by atoms with Crippen molar-refractivity contribution in [2.75, 3.05) is 31.1 Å². The number of rotatable bonds is 5. The third-order valence-electron chi connectivity index (χ3n) is 6.63. The number of aromatic nitrogens is 2. The molecule has 2 aromatic carbocycles. The molecule has 0 bridgehead atoms. The van der Waals surface area contributed by atoms with Gasteiger partial charge in [0.15, 0.2) is 5.82 Å². The van der Waals surface area contributed by atoms with Crippen LogP contribution in [0.15, 0.2) is 66.9 Å². The number of carbonyl (C=O) groups excluding carboxylic acids is 2. The molecule has 0 spiro atoms. The summed E-state index contributed by atoms with van der Waals surface area (Å²) in [6.07, 6.45) is 3.30. The van der Waals surface area contributed by atoms with Crippen molar-refractivity contribution in [1.82, 2.24) is 20.4 Å². The van der Waals surface area contributed by atoms with Gasteiger partial charge >= 0.3 is 0 Å². The maximum atomic E-state index is 13.2. The Morgan fingerprint density at radius 3 is 2.26 bits per heavy atom. The Morgan fingerprint density at radius 1 is 0.971 bits per heavy atom. The number of nitrogens with one attached hydrogen (secondary N) is 1. The molecule has 0 unspecified atom stereocenters. The van der Waals surface area contributed by atoms with E-state index in [1.54, 1.807) is 23.2 Å². The van der Waals surface area contributed by atoms with E-state index < -0.39 is 0 Å². The zero-order valence-corrected chi connectivity index (χ0v) is 18.7. The predicted octanol–water partition coefficient (Wildman–Crippen LogP) is 3.52. The second-order valence-electron chi connectivity index (χ2n) is 8.78. The number of hydrogen-bond acceptors (Lipinski definition) is 5. The van der Waals surface area contributed by atoms with Gasteiger partial charge in [-0.25, -0.2) is 4.39 Å². The molecule has 5 rings (SSSR count). The largest absolute Gasteiger partial charge is 0.339 e. The summed E-state index contributed by atoms with van der Waals surface area (Å²) >= 11 is 0. The van der Waals surface area contributed by atoms with Gasteiger partial charge in [0, 0.05) is 37.9 Å². The smallest absolute Gasteiger partial charge is 0.253 e. The maximum absolute atomic E-state index is 13.2. The summed E-state index contributed by atoms with van der Waals surface area (Å²) in [5, 5.41) is 11.3. The molecule has 2 amide bonds. The Bertz CT molecular complexity index is 1140. The molecular weight excluding hydrogens is 433 g/mol. The zero-order chi connectivity index (χ0) is 23.5. The van der Waals surface area contributed by atoms with Crippen LogP contribution in [0, 0.1) is 11.7 Å². The SMILES string of the molecule is O=C(c1ccc(F)cc1)N1CCC(c2ccc(N(C(=O)C3CNC3)c3cccnn3)cc2)CC1. The number of anilines is 2. The molecule has 2 aliphatic rings. The molecule has 3 aromatic rings. The Balaban J connectivity index is 1.27. The second-order valence-corrected chi connectivity index (χ2v) is 8.78. The molecule has 2 aliphatic heterocycles. The first-order valence-electron chi connectivity index (χ1n) is 11.6. The van der Waals surface area contributed by atoms with E-state index in [9.17, 15) is 14.0 Å². The number of amides is 2. The van der Waals surface area contributed by atoms with Gasteiger partial charge < -0.3 is 10.2 Å². The van der Waals surface area contributed by atoms with Gasteiger partial charge in [-0.3, -0.25) is 14.5 Å². The Hall–Kier alpha value is -3.65. The standard InChI is InChI=1S/C26H26FN5O2/c27-22-7-3-20(4-8-22)25(33)31-14-11-19(12-15-31)18-5-9-23(10-6-18)32(24-2-1-13-29-30-24)26(34)21-16-28-17-21/h1-10,13,19,21,28H,11-12,14-17H2. The Morgan fingerprint density at radius 2 is 1.68 bits per heavy atom. The van der Waals surface area contributed by atoms with Gasteiger partial charge in [-0.2, -0.15) is 5.10 Å². The van der Waals surface area contributed by atoms with Crippen LogP contribution in [0.4, 0.5) is 15.9 Å². The summed E-state index contributed by atoms with van der Waals surface area (Å²) in [5.41, 5.74) is 2.47. The van der Waals surface area contributed by atoms with E-state index in [1.165, 1.54) is 29.8 Å². The van der Waals surface area contributed by atoms with Crippen molar-refractivity contribution in [1.29, 1.82) is 0 Å². The molecular formula is C26H26FN5O2. The summed E-state index contributed by atoms with van der Waals surface area (Å²) in [4.78, 5) is 29.3. The van der Waals surface area contributed by atoms with Crippen LogP contribution in [0.5, 0.6) is 0 Å². The van der Waals surface area contributed by atoms with Gasteiger partial charge in [-0.05, 0) is 72.9 Å². The molecule has 0 radical (unpaired) electrons. The molecule has 0 saturated carbocycles. The van der Waals surface area contributed by atoms with Gasteiger partial charge in [0.25, 0.3) is 5.91 Å². The van der Waals surface area contributed by atoms with Crippen LogP contribution < -0.4 is 10.2 Å². The molecule has 0 atom stereocenters. The molecule has 34 heavy (non-hydrogen) atoms. The third-order valence-corrected chi connectivity index (χ3v) is 6.63. The highest BCUT2D eigenvalue weighted by Crippen LogP contribution is 2.32. The highest BCUT2D eigenvalue weighted by atomic mass is 19.1. The van der Waals surface area contributed by atoms with Crippen molar-refractivity contribution < 1.29 is 14.0 Å². The minimum atomic E-state index is -0.345. The number of piperidine rings is 1. The lowest BCUT2D eigenvalue weighted by Gasteiger charge is -2.33. The fraction of sp³-hybridized carbons (Fsp3) is 0.308. The molecule has 3 heterocycles. The van der Waals surface area contributed by atoms with Crippen LogP contribution in [-0.2, 0) is 4.79 Å². The van der Waals surface area contributed by atoms with Crippen molar-refractivity contribution in [3.05, 3.63) is 83.8 Å². The molecule has 1 N–H and O–H groups in total. The average Bonchev–Trinajstić information content (AvgIpc) is 2.84. The minimum absolute atomic E-state index is 0.0135. The van der Waals surface area contributed by atoms with Crippen LogP contribution in [0.25, 0.3) is 0 Å². The lowest BCUT2D eigenvalue weighted by molar-refractivity contribution is -0.123. The lowest BCUT2D eigenvalue weighted by Crippen LogP contribution is -2.51. The fourth-order valence-corrected chi connectivity index (χ4v) is 4.52. The zero-order valence-electron chi connectivity index (χ0n) is 18.7. The fourth-order valence-electron chi connectivity index (χ4n) is 4.52. The molecule has 174 valence electrons. The Kier molecular flexibility index (Phi) is 6.31. The monoisotopic (exact) mass is 459 g/mol. The van der Waals surface area contributed by atoms with Crippen molar-refractivity contribution in [2.24, 2.45) is 5.92 Å². The van der Waals surface area contributed by atoms with E-state index in [0.29, 0.717) is 43.5 Å².